The van der Waals surface area contributed by atoms with E-state index in [0.717, 1.165) is 0 Å². The van der Waals surface area contributed by atoms with Crippen LogP contribution in [-0.4, -0.2) is 24.1 Å². The van der Waals surface area contributed by atoms with E-state index in [4.69, 9.17) is 0 Å². The minimum absolute atomic E-state index is 0.0737. The van der Waals surface area contributed by atoms with Gasteiger partial charge in [-0.15, -0.1) is 0 Å². The molecule has 0 spiro atoms. The van der Waals surface area contributed by atoms with E-state index in [0.29, 0.717) is 11.4 Å². The molecule has 0 aromatic heterocycles. The largest absolute Gasteiger partial charge is 0.325 e. The minimum atomic E-state index is -1.28. The van der Waals surface area contributed by atoms with Crippen LogP contribution in [-0.2, 0) is 14.4 Å². The van der Waals surface area contributed by atoms with Gasteiger partial charge in [-0.3, -0.25) is 14.4 Å². The molecule has 2 amide bonds. The number of ketones is 1. The molecule has 0 bridgehead atoms. The maximum absolute atomic E-state index is 12.4. The average Bonchev–Trinajstić information content (AvgIpc) is 2.84. The third-order valence-corrected chi connectivity index (χ3v) is 3.52. The van der Waals surface area contributed by atoms with E-state index in [1.54, 1.807) is 48.5 Å². The second-order valence-corrected chi connectivity index (χ2v) is 5.01. The molecular weight excluding hydrogens is 280 g/mol. The van der Waals surface area contributed by atoms with Gasteiger partial charge in [0.05, 0.1) is 6.54 Å². The number of para-hydroxylation sites is 2. The Kier molecular flexibility index (Phi) is 3.70. The Hall–Kier alpha value is -2.95. The van der Waals surface area contributed by atoms with E-state index in [2.05, 4.69) is 5.32 Å². The van der Waals surface area contributed by atoms with Crippen molar-refractivity contribution in [2.75, 3.05) is 16.8 Å². The molecule has 0 saturated carbocycles. The quantitative estimate of drug-likeness (QED) is 0.879. The van der Waals surface area contributed by atoms with E-state index >= 15 is 0 Å². The first-order valence-electron chi connectivity index (χ1n) is 6.92. The van der Waals surface area contributed by atoms with E-state index in [9.17, 15) is 14.4 Å². The van der Waals surface area contributed by atoms with Crippen molar-refractivity contribution in [2.45, 2.75) is 0 Å². The highest BCUT2D eigenvalue weighted by molar-refractivity contribution is 6.30. The topological polar surface area (TPSA) is 66.5 Å². The molecule has 5 nitrogen and oxygen atoms in total. The number of Topliss-reactive ketones (excluding diaryl/α,β-unsaturated/α-hetero) is 1. The van der Waals surface area contributed by atoms with E-state index in [1.807, 2.05) is 12.1 Å². The molecule has 1 aliphatic heterocycles. The molecule has 3 rings (SSSR count). The summed E-state index contributed by atoms with van der Waals surface area (Å²) >= 11 is 0. The number of hydrogen-bond acceptors (Lipinski definition) is 3. The summed E-state index contributed by atoms with van der Waals surface area (Å²) in [5.74, 6) is -2.73. The number of anilines is 2. The van der Waals surface area contributed by atoms with Crippen molar-refractivity contribution in [1.29, 1.82) is 0 Å². The number of nitrogens with one attached hydrogen (secondary N) is 1. The average molecular weight is 294 g/mol. The van der Waals surface area contributed by atoms with Crippen molar-refractivity contribution < 1.29 is 14.4 Å². The molecule has 1 saturated heterocycles. The predicted molar refractivity (Wildman–Crippen MR) is 82.4 cm³/mol. The van der Waals surface area contributed by atoms with Crippen LogP contribution in [0.3, 0.4) is 0 Å². The standard InChI is InChI=1S/C17H14N2O3/c20-14-11-19(13-9-5-2-6-10-13)17(22)15(14)16(21)18-12-7-3-1-4-8-12/h1-10,15H,11H2,(H,18,21). The van der Waals surface area contributed by atoms with E-state index in [1.165, 1.54) is 4.90 Å². The number of amides is 2. The van der Waals surface area contributed by atoms with Crippen molar-refractivity contribution in [1.82, 2.24) is 0 Å². The number of carbonyl (C=O) groups excluding carboxylic acids is 3. The molecular formula is C17H14N2O3. The molecule has 1 heterocycles. The molecule has 1 fully saturated rings. The highest BCUT2D eigenvalue weighted by Crippen LogP contribution is 2.24. The van der Waals surface area contributed by atoms with Gasteiger partial charge in [0, 0.05) is 11.4 Å². The fourth-order valence-corrected chi connectivity index (χ4v) is 2.44. The Morgan fingerprint density at radius 2 is 1.55 bits per heavy atom. The fourth-order valence-electron chi connectivity index (χ4n) is 2.44. The van der Waals surface area contributed by atoms with Gasteiger partial charge < -0.3 is 10.2 Å². The smallest absolute Gasteiger partial charge is 0.247 e. The van der Waals surface area contributed by atoms with Gasteiger partial charge in [0.15, 0.2) is 11.7 Å². The molecule has 0 aliphatic carbocycles. The molecule has 1 aliphatic rings. The SMILES string of the molecule is O=C1CN(c2ccccc2)C(=O)C1C(=O)Nc1ccccc1. The lowest BCUT2D eigenvalue weighted by Gasteiger charge is -2.15. The minimum Gasteiger partial charge on any atom is -0.325 e. The van der Waals surface area contributed by atoms with Crippen molar-refractivity contribution in [3.05, 3.63) is 60.7 Å². The zero-order chi connectivity index (χ0) is 15.5. The second-order valence-electron chi connectivity index (χ2n) is 5.01. The summed E-state index contributed by atoms with van der Waals surface area (Å²) in [6, 6.07) is 17.6. The zero-order valence-corrected chi connectivity index (χ0v) is 11.7. The normalized spacial score (nSPS) is 17.6. The molecule has 1 unspecified atom stereocenters. The number of rotatable bonds is 3. The number of benzene rings is 2. The number of hydrogen-bond donors (Lipinski definition) is 1. The summed E-state index contributed by atoms with van der Waals surface area (Å²) in [5, 5.41) is 2.61. The van der Waals surface area contributed by atoms with E-state index < -0.39 is 17.7 Å². The lowest BCUT2D eigenvalue weighted by molar-refractivity contribution is -0.134. The van der Waals surface area contributed by atoms with Crippen molar-refractivity contribution in [3.63, 3.8) is 0 Å². The molecule has 110 valence electrons. The summed E-state index contributed by atoms with van der Waals surface area (Å²) in [6.45, 7) is -0.0737. The summed E-state index contributed by atoms with van der Waals surface area (Å²) in [7, 11) is 0. The van der Waals surface area contributed by atoms with Crippen LogP contribution in [0.4, 0.5) is 11.4 Å². The van der Waals surface area contributed by atoms with Crippen LogP contribution in [0.5, 0.6) is 0 Å². The van der Waals surface area contributed by atoms with Gasteiger partial charge in [-0.2, -0.15) is 0 Å². The molecule has 22 heavy (non-hydrogen) atoms. The third-order valence-electron chi connectivity index (χ3n) is 3.52. The second kappa shape index (κ2) is 5.81. The van der Waals surface area contributed by atoms with Gasteiger partial charge in [0.25, 0.3) is 0 Å². The van der Waals surface area contributed by atoms with E-state index in [-0.39, 0.29) is 12.3 Å². The first-order chi connectivity index (χ1) is 10.7. The van der Waals surface area contributed by atoms with Crippen LogP contribution < -0.4 is 10.2 Å². The van der Waals surface area contributed by atoms with Gasteiger partial charge in [0.2, 0.25) is 11.8 Å². The third kappa shape index (κ3) is 2.61. The van der Waals surface area contributed by atoms with Gasteiger partial charge in [0.1, 0.15) is 0 Å². The van der Waals surface area contributed by atoms with Crippen LogP contribution in [0.1, 0.15) is 0 Å². The monoisotopic (exact) mass is 294 g/mol. The Labute approximate surface area is 127 Å². The molecule has 1 atom stereocenters. The fraction of sp³-hybridized carbons (Fsp3) is 0.118. The summed E-state index contributed by atoms with van der Waals surface area (Å²) in [6.07, 6.45) is 0. The van der Waals surface area contributed by atoms with Crippen LogP contribution in [0.25, 0.3) is 0 Å². The molecule has 2 aromatic rings. The number of carbonyl (C=O) groups is 3. The highest BCUT2D eigenvalue weighted by atomic mass is 16.2. The van der Waals surface area contributed by atoms with Crippen molar-refractivity contribution in [3.8, 4) is 0 Å². The molecule has 1 N–H and O–H groups in total. The van der Waals surface area contributed by atoms with Crippen LogP contribution in [0, 0.1) is 5.92 Å². The van der Waals surface area contributed by atoms with Crippen LogP contribution in [0.15, 0.2) is 60.7 Å². The van der Waals surface area contributed by atoms with Gasteiger partial charge >= 0.3 is 0 Å². The maximum Gasteiger partial charge on any atom is 0.247 e. The Balaban J connectivity index is 1.78. The first-order valence-corrected chi connectivity index (χ1v) is 6.92. The first kappa shape index (κ1) is 14.0. The lowest BCUT2D eigenvalue weighted by atomic mass is 10.1. The molecule has 2 aromatic carbocycles. The highest BCUT2D eigenvalue weighted by Gasteiger charge is 2.44. The Bertz CT molecular complexity index is 713. The summed E-state index contributed by atoms with van der Waals surface area (Å²) in [5.41, 5.74) is 1.18. The lowest BCUT2D eigenvalue weighted by Crippen LogP contribution is -2.34. The van der Waals surface area contributed by atoms with Crippen LogP contribution >= 0.6 is 0 Å². The number of nitrogens with zero attached hydrogens (tertiary/aromatic N) is 1. The maximum atomic E-state index is 12.4. The van der Waals surface area contributed by atoms with Gasteiger partial charge in [-0.05, 0) is 24.3 Å². The van der Waals surface area contributed by atoms with Crippen molar-refractivity contribution in [2.24, 2.45) is 5.92 Å². The molecule has 5 heteroatoms. The van der Waals surface area contributed by atoms with Gasteiger partial charge in [-0.1, -0.05) is 36.4 Å². The predicted octanol–water partition coefficient (Wildman–Crippen LogP) is 1.86. The summed E-state index contributed by atoms with van der Waals surface area (Å²) < 4.78 is 0. The Morgan fingerprint density at radius 3 is 2.18 bits per heavy atom. The van der Waals surface area contributed by atoms with Crippen LogP contribution in [0.2, 0.25) is 0 Å². The van der Waals surface area contributed by atoms with Gasteiger partial charge in [-0.25, -0.2) is 0 Å². The van der Waals surface area contributed by atoms with Crippen molar-refractivity contribution >= 4 is 29.0 Å². The molecule has 0 radical (unpaired) electrons. The zero-order valence-electron chi connectivity index (χ0n) is 11.7. The summed E-state index contributed by atoms with van der Waals surface area (Å²) in [4.78, 5) is 38.0. The Morgan fingerprint density at radius 1 is 0.955 bits per heavy atom.